The summed E-state index contributed by atoms with van der Waals surface area (Å²) in [4.78, 5) is 35.4. The molecule has 2 N–H and O–H groups in total. The van der Waals surface area contributed by atoms with Crippen LogP contribution >= 0.6 is 7.52 Å². The molecule has 2 aromatic rings. The lowest BCUT2D eigenvalue weighted by Gasteiger charge is -2.26. The Labute approximate surface area is 217 Å². The molecule has 1 aromatic carbocycles. The van der Waals surface area contributed by atoms with Gasteiger partial charge in [-0.1, -0.05) is 25.4 Å². The van der Waals surface area contributed by atoms with E-state index < -0.39 is 48.5 Å². The highest BCUT2D eigenvalue weighted by molar-refractivity contribution is 7.58. The first-order valence-electron chi connectivity index (χ1n) is 11.5. The largest absolute Gasteiger partial charge is 0.442 e. The van der Waals surface area contributed by atoms with Crippen LogP contribution in [0.2, 0.25) is 0 Å². The maximum atomic E-state index is 14.9. The van der Waals surface area contributed by atoms with Crippen molar-refractivity contribution >= 4 is 36.6 Å². The van der Waals surface area contributed by atoms with Crippen molar-refractivity contribution in [3.05, 3.63) is 48.1 Å². The number of aromatic nitrogens is 1. The van der Waals surface area contributed by atoms with E-state index in [-0.39, 0.29) is 37.7 Å². The van der Waals surface area contributed by atoms with Gasteiger partial charge in [0.2, 0.25) is 0 Å². The zero-order chi connectivity index (χ0) is 28.6. The highest BCUT2D eigenvalue weighted by Crippen LogP contribution is 2.44. The van der Waals surface area contributed by atoms with Crippen molar-refractivity contribution in [3.8, 4) is 0 Å². The number of nitrogens with zero attached hydrogens (tertiary/aromatic N) is 4. The van der Waals surface area contributed by atoms with Crippen LogP contribution < -0.4 is 14.5 Å². The van der Waals surface area contributed by atoms with E-state index in [4.69, 9.17) is 9.84 Å². The van der Waals surface area contributed by atoms with E-state index in [1.807, 2.05) is 0 Å². The monoisotopic (exact) mass is 562 g/mol. The van der Waals surface area contributed by atoms with E-state index in [1.54, 1.807) is 0 Å². The second-order valence-electron chi connectivity index (χ2n) is 8.18. The van der Waals surface area contributed by atoms with E-state index in [0.717, 1.165) is 35.6 Å². The zero-order valence-electron chi connectivity index (χ0n) is 21.3. The minimum Gasteiger partial charge on any atom is -0.442 e. The third kappa shape index (κ3) is 7.15. The number of anilines is 3. The van der Waals surface area contributed by atoms with Gasteiger partial charge in [0.15, 0.2) is 29.1 Å². The fraction of sp³-hybridized carbons (Fsp3) is 0.435. The van der Waals surface area contributed by atoms with Gasteiger partial charge < -0.3 is 24.2 Å². The van der Waals surface area contributed by atoms with E-state index in [1.165, 1.54) is 18.8 Å². The first-order chi connectivity index (χ1) is 18.0. The molecule has 2 aliphatic rings. The van der Waals surface area contributed by atoms with Crippen LogP contribution in [-0.4, -0.2) is 66.5 Å². The standard InChI is InChI=1S/C19H18F3N4O6P.C3H8.CH4O/c1-33(29,30)26(15-4-7-31-23-15)10-12-9-25(19(28)32-12)14-8-13(20)18(17(22)16(14)21)24-5-2-11(27)3-6-24;1-3-2;1-2/h2,4-5,7-8,12H,3,6,9-10H2,1H3,(H,29,30);3H2,1-2H3;2H,1H3. The van der Waals surface area contributed by atoms with Gasteiger partial charge in [-0.15, -0.1) is 0 Å². The summed E-state index contributed by atoms with van der Waals surface area (Å²) in [6, 6.07) is 1.99. The summed E-state index contributed by atoms with van der Waals surface area (Å²) in [7, 11) is -2.91. The molecular weight excluding hydrogens is 532 g/mol. The van der Waals surface area contributed by atoms with Crippen LogP contribution in [0, 0.1) is 17.5 Å². The highest BCUT2D eigenvalue weighted by atomic mass is 31.2. The Bertz CT molecular complexity index is 1190. The van der Waals surface area contributed by atoms with E-state index in [9.17, 15) is 32.2 Å². The van der Waals surface area contributed by atoms with Crippen LogP contribution in [-0.2, 0) is 14.1 Å². The lowest BCUT2D eigenvalue weighted by Crippen LogP contribution is -2.33. The van der Waals surface area contributed by atoms with Gasteiger partial charge in [-0.3, -0.25) is 18.9 Å². The van der Waals surface area contributed by atoms with Crippen molar-refractivity contribution in [2.75, 3.05) is 47.9 Å². The lowest BCUT2D eigenvalue weighted by molar-refractivity contribution is -0.114. The molecule has 1 amide bonds. The Morgan fingerprint density at radius 3 is 2.39 bits per heavy atom. The highest BCUT2D eigenvalue weighted by Gasteiger charge is 2.39. The van der Waals surface area contributed by atoms with E-state index >= 15 is 0 Å². The van der Waals surface area contributed by atoms with Crippen molar-refractivity contribution in [3.63, 3.8) is 0 Å². The van der Waals surface area contributed by atoms with Gasteiger partial charge in [0.1, 0.15) is 18.1 Å². The molecule has 2 atom stereocenters. The van der Waals surface area contributed by atoms with Crippen molar-refractivity contribution in [2.45, 2.75) is 32.8 Å². The number of benzene rings is 1. The summed E-state index contributed by atoms with van der Waals surface area (Å²) in [5, 5.41) is 10.6. The Morgan fingerprint density at radius 2 is 1.87 bits per heavy atom. The molecule has 4 rings (SSSR count). The lowest BCUT2D eigenvalue weighted by atomic mass is 10.1. The molecule has 0 bridgehead atoms. The zero-order valence-corrected chi connectivity index (χ0v) is 22.2. The van der Waals surface area contributed by atoms with Gasteiger partial charge in [-0.25, -0.2) is 18.0 Å². The number of cyclic esters (lactones) is 1. The molecule has 0 saturated carbocycles. The molecule has 2 aliphatic heterocycles. The number of carbonyl (C=O) groups excluding carboxylic acids is 2. The average Bonchev–Trinajstić information content (AvgIpc) is 3.52. The molecule has 15 heteroatoms. The number of aliphatic hydroxyl groups is 1. The Balaban J connectivity index is 0.000000947. The number of ketones is 1. The summed E-state index contributed by atoms with van der Waals surface area (Å²) >= 11 is 0. The fourth-order valence-electron chi connectivity index (χ4n) is 3.56. The molecule has 0 spiro atoms. The van der Waals surface area contributed by atoms with E-state index in [0.29, 0.717) is 11.0 Å². The number of allylic oxidation sites excluding steroid dienone is 1. The van der Waals surface area contributed by atoms with Crippen LogP contribution in [0.1, 0.15) is 26.7 Å². The SMILES string of the molecule is CCC.CO.CP(=O)(O)N(CC1CN(c2cc(F)c(N3C=CC(=O)CC3)c(F)c2F)C(=O)O1)c1ccon1. The number of amides is 1. The van der Waals surface area contributed by atoms with Crippen molar-refractivity contribution < 1.29 is 46.6 Å². The topological polar surface area (TPSA) is 137 Å². The van der Waals surface area contributed by atoms with Crippen LogP contribution in [0.4, 0.5) is 35.2 Å². The molecule has 11 nitrogen and oxygen atoms in total. The van der Waals surface area contributed by atoms with Gasteiger partial charge in [0.05, 0.1) is 18.8 Å². The molecular formula is C23H30F3N4O7P. The second kappa shape index (κ2) is 13.4. The van der Waals surface area contributed by atoms with Gasteiger partial charge in [0.25, 0.3) is 7.52 Å². The molecule has 38 heavy (non-hydrogen) atoms. The number of rotatable bonds is 6. The smallest absolute Gasteiger partial charge is 0.414 e. The molecule has 3 heterocycles. The Morgan fingerprint density at radius 1 is 1.21 bits per heavy atom. The number of ether oxygens (including phenoxy) is 1. The minimum atomic E-state index is -3.91. The van der Waals surface area contributed by atoms with Crippen molar-refractivity contribution in [2.24, 2.45) is 0 Å². The summed E-state index contributed by atoms with van der Waals surface area (Å²) in [6.07, 6.45) is 2.59. The summed E-state index contributed by atoms with van der Waals surface area (Å²) in [5.41, 5.74) is -1.37. The molecule has 2 unspecified atom stereocenters. The number of hydrogen-bond acceptors (Lipinski definition) is 8. The Hall–Kier alpha value is -3.35. The van der Waals surface area contributed by atoms with Gasteiger partial charge in [-0.05, 0) is 6.08 Å². The molecule has 0 aliphatic carbocycles. The summed E-state index contributed by atoms with van der Waals surface area (Å²) < 4.78 is 67.4. The van der Waals surface area contributed by atoms with Crippen molar-refractivity contribution in [1.29, 1.82) is 0 Å². The number of carbonyl (C=O) groups is 2. The number of hydrogen-bond donors (Lipinski definition) is 2. The Kier molecular flexibility index (Phi) is 10.9. The minimum absolute atomic E-state index is 0.00699. The van der Waals surface area contributed by atoms with Crippen LogP contribution in [0.25, 0.3) is 0 Å². The fourth-order valence-corrected chi connectivity index (χ4v) is 4.53. The van der Waals surface area contributed by atoms with Crippen LogP contribution in [0.5, 0.6) is 0 Å². The third-order valence-corrected chi connectivity index (χ3v) is 6.38. The van der Waals surface area contributed by atoms with Gasteiger partial charge in [-0.2, -0.15) is 0 Å². The summed E-state index contributed by atoms with van der Waals surface area (Å²) in [5.74, 6) is -4.37. The number of halogens is 3. The predicted octanol–water partition coefficient (Wildman–Crippen LogP) is 4.06. The molecule has 1 fully saturated rings. The molecule has 1 saturated heterocycles. The van der Waals surface area contributed by atoms with Crippen LogP contribution in [0.3, 0.4) is 0 Å². The molecule has 0 radical (unpaired) electrons. The third-order valence-electron chi connectivity index (χ3n) is 5.12. The normalized spacial score (nSPS) is 18.2. The van der Waals surface area contributed by atoms with E-state index in [2.05, 4.69) is 23.5 Å². The predicted molar refractivity (Wildman–Crippen MR) is 134 cm³/mol. The molecule has 1 aromatic heterocycles. The quantitative estimate of drug-likeness (QED) is 0.392. The summed E-state index contributed by atoms with van der Waals surface area (Å²) in [6.45, 7) is 4.60. The second-order valence-corrected chi connectivity index (χ2v) is 10.3. The maximum absolute atomic E-state index is 14.9. The number of aliphatic hydroxyl groups excluding tert-OH is 1. The van der Waals surface area contributed by atoms with Gasteiger partial charge >= 0.3 is 6.09 Å². The average molecular weight is 562 g/mol. The molecule has 210 valence electrons. The van der Waals surface area contributed by atoms with Gasteiger partial charge in [0, 0.05) is 45.1 Å². The first-order valence-corrected chi connectivity index (χ1v) is 13.6. The maximum Gasteiger partial charge on any atom is 0.414 e. The first kappa shape index (κ1) is 30.9. The van der Waals surface area contributed by atoms with Crippen molar-refractivity contribution in [1.82, 2.24) is 5.16 Å². The van der Waals surface area contributed by atoms with Crippen LogP contribution in [0.15, 0.2) is 35.2 Å².